The fraction of sp³-hybridized carbons (Fsp3) is 0.875. The summed E-state index contributed by atoms with van der Waals surface area (Å²) in [4.78, 5) is 27.6. The van der Waals surface area contributed by atoms with Gasteiger partial charge in [-0.05, 0) is 39.3 Å². The molecule has 0 atom stereocenters. The molecule has 0 unspecified atom stereocenters. The summed E-state index contributed by atoms with van der Waals surface area (Å²) in [6.45, 7) is 5.25. The first-order chi connectivity index (χ1) is 9.77. The van der Waals surface area contributed by atoms with Crippen molar-refractivity contribution >= 4 is 11.9 Å². The standard InChI is InChI=1S/C16H30N2O3/c1-13(2)11-16(7-5-6-8-16)15(21)18(12-14(19)20)10-9-17(3)4/h13H,5-12H2,1-4H3,(H,19,20). The van der Waals surface area contributed by atoms with E-state index in [4.69, 9.17) is 5.11 Å². The Hall–Kier alpha value is -1.10. The van der Waals surface area contributed by atoms with Crippen LogP contribution < -0.4 is 0 Å². The molecule has 1 amide bonds. The van der Waals surface area contributed by atoms with E-state index in [-0.39, 0.29) is 17.9 Å². The Bertz CT molecular complexity index is 361. The molecular weight excluding hydrogens is 268 g/mol. The highest BCUT2D eigenvalue weighted by Gasteiger charge is 2.43. The Kier molecular flexibility index (Phi) is 6.65. The zero-order valence-corrected chi connectivity index (χ0v) is 13.9. The number of carboxylic acid groups (broad SMARTS) is 1. The molecule has 0 aromatic rings. The number of likely N-dealkylation sites (N-methyl/N-ethyl adjacent to an activating group) is 1. The van der Waals surface area contributed by atoms with Gasteiger partial charge in [-0.1, -0.05) is 26.7 Å². The molecule has 0 radical (unpaired) electrons. The molecular formula is C16H30N2O3. The molecule has 0 aliphatic heterocycles. The largest absolute Gasteiger partial charge is 0.480 e. The van der Waals surface area contributed by atoms with Crippen LogP contribution in [0, 0.1) is 11.3 Å². The van der Waals surface area contributed by atoms with Crippen LogP contribution in [0.15, 0.2) is 0 Å². The number of hydrogen-bond acceptors (Lipinski definition) is 3. The first-order valence-electron chi connectivity index (χ1n) is 7.93. The van der Waals surface area contributed by atoms with Crippen molar-refractivity contribution in [3.8, 4) is 0 Å². The van der Waals surface area contributed by atoms with E-state index in [1.54, 1.807) is 4.90 Å². The molecule has 0 heterocycles. The summed E-state index contributed by atoms with van der Waals surface area (Å²) in [6, 6.07) is 0. The van der Waals surface area contributed by atoms with Crippen molar-refractivity contribution in [3.63, 3.8) is 0 Å². The number of hydrogen-bond donors (Lipinski definition) is 1. The third-order valence-corrected chi connectivity index (χ3v) is 4.24. The SMILES string of the molecule is CC(C)CC1(C(=O)N(CCN(C)C)CC(=O)O)CCCC1. The molecule has 122 valence electrons. The van der Waals surface area contributed by atoms with Crippen molar-refractivity contribution in [2.45, 2.75) is 46.0 Å². The van der Waals surface area contributed by atoms with Gasteiger partial charge in [0.2, 0.25) is 5.91 Å². The van der Waals surface area contributed by atoms with Crippen LogP contribution in [0.25, 0.3) is 0 Å². The van der Waals surface area contributed by atoms with Crippen LogP contribution in [0.4, 0.5) is 0 Å². The highest BCUT2D eigenvalue weighted by atomic mass is 16.4. The quantitative estimate of drug-likeness (QED) is 0.745. The second kappa shape index (κ2) is 7.78. The highest BCUT2D eigenvalue weighted by molar-refractivity contribution is 5.86. The average Bonchev–Trinajstić information content (AvgIpc) is 2.81. The van der Waals surface area contributed by atoms with Gasteiger partial charge in [0, 0.05) is 18.5 Å². The van der Waals surface area contributed by atoms with Crippen molar-refractivity contribution in [3.05, 3.63) is 0 Å². The Labute approximate surface area is 128 Å². The Morgan fingerprint density at radius 2 is 1.71 bits per heavy atom. The molecule has 1 aliphatic carbocycles. The van der Waals surface area contributed by atoms with Crippen LogP contribution in [-0.2, 0) is 9.59 Å². The number of rotatable bonds is 8. The molecule has 0 aromatic carbocycles. The van der Waals surface area contributed by atoms with Crippen molar-refractivity contribution in [2.24, 2.45) is 11.3 Å². The summed E-state index contributed by atoms with van der Waals surface area (Å²) < 4.78 is 0. The summed E-state index contributed by atoms with van der Waals surface area (Å²) in [5, 5.41) is 9.10. The van der Waals surface area contributed by atoms with Crippen LogP contribution in [0.5, 0.6) is 0 Å². The van der Waals surface area contributed by atoms with E-state index in [2.05, 4.69) is 13.8 Å². The van der Waals surface area contributed by atoms with E-state index >= 15 is 0 Å². The first-order valence-corrected chi connectivity index (χ1v) is 7.93. The molecule has 1 rings (SSSR count). The maximum absolute atomic E-state index is 13.0. The van der Waals surface area contributed by atoms with Crippen molar-refractivity contribution in [1.82, 2.24) is 9.80 Å². The number of aliphatic carboxylic acids is 1. The van der Waals surface area contributed by atoms with Crippen LogP contribution >= 0.6 is 0 Å². The van der Waals surface area contributed by atoms with Gasteiger partial charge < -0.3 is 14.9 Å². The fourth-order valence-corrected chi connectivity index (χ4v) is 3.41. The molecule has 0 spiro atoms. The Balaban J connectivity index is 2.86. The maximum Gasteiger partial charge on any atom is 0.323 e. The van der Waals surface area contributed by atoms with Crippen LogP contribution in [0.3, 0.4) is 0 Å². The number of carboxylic acids is 1. The topological polar surface area (TPSA) is 60.9 Å². The molecule has 0 aromatic heterocycles. The van der Waals surface area contributed by atoms with Crippen LogP contribution in [0.1, 0.15) is 46.0 Å². The minimum absolute atomic E-state index is 0.0537. The molecule has 1 saturated carbocycles. The summed E-state index contributed by atoms with van der Waals surface area (Å²) in [6.07, 6.45) is 4.83. The molecule has 1 aliphatic rings. The van der Waals surface area contributed by atoms with Crippen LogP contribution in [-0.4, -0.2) is 60.5 Å². The predicted octanol–water partition coefficient (Wildman–Crippen LogP) is 2.07. The molecule has 1 fully saturated rings. The van der Waals surface area contributed by atoms with Crippen molar-refractivity contribution in [1.29, 1.82) is 0 Å². The zero-order valence-electron chi connectivity index (χ0n) is 13.9. The highest BCUT2D eigenvalue weighted by Crippen LogP contribution is 2.44. The lowest BCUT2D eigenvalue weighted by Crippen LogP contribution is -2.47. The average molecular weight is 298 g/mol. The van der Waals surface area contributed by atoms with E-state index in [0.717, 1.165) is 32.1 Å². The molecule has 0 saturated heterocycles. The fourth-order valence-electron chi connectivity index (χ4n) is 3.41. The van der Waals surface area contributed by atoms with E-state index in [1.807, 2.05) is 19.0 Å². The van der Waals surface area contributed by atoms with Gasteiger partial charge in [0.25, 0.3) is 0 Å². The molecule has 1 N–H and O–H groups in total. The van der Waals surface area contributed by atoms with Gasteiger partial charge in [-0.3, -0.25) is 9.59 Å². The number of nitrogens with zero attached hydrogens (tertiary/aromatic N) is 2. The zero-order chi connectivity index (χ0) is 16.0. The van der Waals surface area contributed by atoms with Gasteiger partial charge in [-0.25, -0.2) is 0 Å². The van der Waals surface area contributed by atoms with Crippen molar-refractivity contribution in [2.75, 3.05) is 33.7 Å². The molecule has 0 bridgehead atoms. The lowest BCUT2D eigenvalue weighted by molar-refractivity contribution is -0.150. The van der Waals surface area contributed by atoms with Crippen LogP contribution in [0.2, 0.25) is 0 Å². The van der Waals surface area contributed by atoms with E-state index in [1.165, 1.54) is 0 Å². The van der Waals surface area contributed by atoms with Gasteiger partial charge >= 0.3 is 5.97 Å². The number of carbonyl (C=O) groups is 2. The Morgan fingerprint density at radius 1 is 1.14 bits per heavy atom. The number of amides is 1. The van der Waals surface area contributed by atoms with E-state index in [0.29, 0.717) is 19.0 Å². The van der Waals surface area contributed by atoms with Gasteiger partial charge in [0.05, 0.1) is 0 Å². The second-order valence-corrected chi connectivity index (χ2v) is 7.01. The predicted molar refractivity (Wildman–Crippen MR) is 83.1 cm³/mol. The van der Waals surface area contributed by atoms with Gasteiger partial charge in [-0.15, -0.1) is 0 Å². The normalized spacial score (nSPS) is 17.4. The minimum Gasteiger partial charge on any atom is -0.480 e. The molecule has 5 nitrogen and oxygen atoms in total. The maximum atomic E-state index is 13.0. The number of carbonyl (C=O) groups excluding carboxylic acids is 1. The first kappa shape index (κ1) is 18.0. The van der Waals surface area contributed by atoms with E-state index in [9.17, 15) is 9.59 Å². The summed E-state index contributed by atoms with van der Waals surface area (Å²) in [5.41, 5.74) is -0.323. The van der Waals surface area contributed by atoms with Crippen molar-refractivity contribution < 1.29 is 14.7 Å². The van der Waals surface area contributed by atoms with Gasteiger partial charge in [-0.2, -0.15) is 0 Å². The third kappa shape index (κ3) is 5.30. The Morgan fingerprint density at radius 3 is 2.14 bits per heavy atom. The van der Waals surface area contributed by atoms with Gasteiger partial charge in [0.15, 0.2) is 0 Å². The van der Waals surface area contributed by atoms with Gasteiger partial charge in [0.1, 0.15) is 6.54 Å². The monoisotopic (exact) mass is 298 g/mol. The molecule has 21 heavy (non-hydrogen) atoms. The summed E-state index contributed by atoms with van der Waals surface area (Å²) in [5.74, 6) is -0.426. The second-order valence-electron chi connectivity index (χ2n) is 7.01. The minimum atomic E-state index is -0.931. The lowest BCUT2D eigenvalue weighted by atomic mass is 9.77. The lowest BCUT2D eigenvalue weighted by Gasteiger charge is -2.35. The molecule has 5 heteroatoms. The summed E-state index contributed by atoms with van der Waals surface area (Å²) in [7, 11) is 3.87. The summed E-state index contributed by atoms with van der Waals surface area (Å²) >= 11 is 0. The smallest absolute Gasteiger partial charge is 0.323 e. The third-order valence-electron chi connectivity index (χ3n) is 4.24. The van der Waals surface area contributed by atoms with E-state index < -0.39 is 5.97 Å².